The van der Waals surface area contributed by atoms with Crippen LogP contribution in [0.25, 0.3) is 33.3 Å². The predicted octanol–water partition coefficient (Wildman–Crippen LogP) is 6.96. The van der Waals surface area contributed by atoms with Crippen molar-refractivity contribution in [3.05, 3.63) is 53.7 Å². The second-order valence-corrected chi connectivity index (χ2v) is 9.94. The maximum absolute atomic E-state index is 12.6. The largest absolute Gasteiger partial charge is 0.513 e. The lowest BCUT2D eigenvalue weighted by Crippen LogP contribution is -2.18. The second kappa shape index (κ2) is 11.7. The van der Waals surface area contributed by atoms with Crippen molar-refractivity contribution in [2.75, 3.05) is 13.2 Å². The van der Waals surface area contributed by atoms with Crippen LogP contribution in [0.15, 0.2) is 47.5 Å². The Labute approximate surface area is 225 Å². The smallest absolute Gasteiger partial charge is 0.434 e. The minimum Gasteiger partial charge on any atom is -0.434 e. The van der Waals surface area contributed by atoms with E-state index >= 15 is 0 Å². The molecule has 10 heteroatoms. The van der Waals surface area contributed by atoms with E-state index in [-0.39, 0.29) is 17.8 Å². The Kier molecular flexibility index (Phi) is 8.43. The van der Waals surface area contributed by atoms with Gasteiger partial charge in [-0.2, -0.15) is 5.10 Å². The van der Waals surface area contributed by atoms with E-state index in [2.05, 4.69) is 39.3 Å². The van der Waals surface area contributed by atoms with Crippen LogP contribution in [0.4, 0.5) is 9.59 Å². The molecule has 0 aliphatic heterocycles. The predicted molar refractivity (Wildman–Crippen MR) is 148 cm³/mol. The maximum Gasteiger partial charge on any atom is 0.513 e. The van der Waals surface area contributed by atoms with Crippen LogP contribution in [0.2, 0.25) is 0 Å². The van der Waals surface area contributed by atoms with E-state index in [1.54, 1.807) is 19.9 Å². The lowest BCUT2D eigenvalue weighted by molar-refractivity contribution is 0.0804. The SMILES string of the molecule is CCONC(=O)Sc1n[nH]c(-c2ccc(OC(=O)OCC)c(C(C)C)c2)c1-c1cccc2c1cc(C)n2C. The van der Waals surface area contributed by atoms with Crippen molar-refractivity contribution in [3.8, 4) is 28.1 Å². The molecule has 0 saturated heterocycles. The number of hydrogen-bond donors (Lipinski definition) is 2. The van der Waals surface area contributed by atoms with Crippen LogP contribution in [-0.4, -0.2) is 39.4 Å². The number of ether oxygens (including phenoxy) is 2. The highest BCUT2D eigenvalue weighted by Gasteiger charge is 2.24. The fourth-order valence-corrected chi connectivity index (χ4v) is 4.98. The fraction of sp³-hybridized carbons (Fsp3) is 0.321. The summed E-state index contributed by atoms with van der Waals surface area (Å²) in [5.41, 5.74) is 8.78. The van der Waals surface area contributed by atoms with Gasteiger partial charge in [0.2, 0.25) is 0 Å². The number of hydroxylamine groups is 1. The Hall–Kier alpha value is -3.76. The summed E-state index contributed by atoms with van der Waals surface area (Å²) in [6.45, 7) is 10.2. The molecule has 4 aromatic rings. The minimum atomic E-state index is -0.741. The first-order valence-electron chi connectivity index (χ1n) is 12.5. The van der Waals surface area contributed by atoms with Gasteiger partial charge in [-0.3, -0.25) is 14.7 Å². The zero-order valence-corrected chi connectivity index (χ0v) is 23.2. The number of fused-ring (bicyclic) bond motifs is 1. The number of carbonyl (C=O) groups excluding carboxylic acids is 2. The number of nitrogens with one attached hydrogen (secondary N) is 2. The van der Waals surface area contributed by atoms with E-state index in [1.165, 1.54) is 0 Å². The lowest BCUT2D eigenvalue weighted by Gasteiger charge is -2.15. The minimum absolute atomic E-state index is 0.0665. The number of amides is 1. The number of rotatable bonds is 8. The molecule has 0 bridgehead atoms. The van der Waals surface area contributed by atoms with Gasteiger partial charge in [-0.25, -0.2) is 10.3 Å². The number of aromatic amines is 1. The van der Waals surface area contributed by atoms with Gasteiger partial charge in [-0.15, -0.1) is 0 Å². The van der Waals surface area contributed by atoms with Crippen molar-refractivity contribution >= 4 is 34.1 Å². The number of carbonyl (C=O) groups is 2. The van der Waals surface area contributed by atoms with E-state index < -0.39 is 6.16 Å². The first-order chi connectivity index (χ1) is 18.2. The third kappa shape index (κ3) is 5.56. The Balaban J connectivity index is 1.87. The zero-order valence-electron chi connectivity index (χ0n) is 22.4. The van der Waals surface area contributed by atoms with E-state index in [9.17, 15) is 9.59 Å². The molecule has 2 aromatic heterocycles. The molecule has 200 valence electrons. The summed E-state index contributed by atoms with van der Waals surface area (Å²) in [4.78, 5) is 29.7. The third-order valence-electron chi connectivity index (χ3n) is 6.19. The molecule has 0 aliphatic rings. The summed E-state index contributed by atoms with van der Waals surface area (Å²) in [5.74, 6) is 0.506. The standard InChI is InChI=1S/C28H32N4O5S/c1-7-35-28(34)37-23-13-12-18(15-20(23)16(3)4)25-24(26(30-29-25)38-27(33)31-36-8-2)19-10-9-11-22-21(19)14-17(5)32(22)6/h9-16H,7-8H2,1-6H3,(H,29,30)(H,31,33). The van der Waals surface area contributed by atoms with E-state index in [0.29, 0.717) is 17.4 Å². The molecule has 2 aromatic carbocycles. The monoisotopic (exact) mass is 536 g/mol. The summed E-state index contributed by atoms with van der Waals surface area (Å²) in [6.07, 6.45) is -0.741. The van der Waals surface area contributed by atoms with Gasteiger partial charge in [0.15, 0.2) is 0 Å². The highest BCUT2D eigenvalue weighted by molar-refractivity contribution is 8.13. The average molecular weight is 537 g/mol. The number of aromatic nitrogens is 3. The van der Waals surface area contributed by atoms with Crippen LogP contribution in [0.5, 0.6) is 5.75 Å². The van der Waals surface area contributed by atoms with Crippen molar-refractivity contribution in [2.24, 2.45) is 7.05 Å². The van der Waals surface area contributed by atoms with Crippen LogP contribution in [0.3, 0.4) is 0 Å². The third-order valence-corrected chi connectivity index (χ3v) is 6.95. The maximum atomic E-state index is 12.6. The molecule has 0 radical (unpaired) electrons. The van der Waals surface area contributed by atoms with Gasteiger partial charge in [0.1, 0.15) is 10.8 Å². The van der Waals surface area contributed by atoms with Crippen LogP contribution in [0.1, 0.15) is 44.9 Å². The molecule has 0 unspecified atom stereocenters. The molecular formula is C28H32N4O5S. The topological polar surface area (TPSA) is 107 Å². The molecule has 2 N–H and O–H groups in total. The number of benzene rings is 2. The molecule has 38 heavy (non-hydrogen) atoms. The van der Waals surface area contributed by atoms with Gasteiger partial charge >= 0.3 is 11.4 Å². The number of nitrogens with zero attached hydrogens (tertiary/aromatic N) is 2. The van der Waals surface area contributed by atoms with Crippen LogP contribution in [-0.2, 0) is 16.6 Å². The molecule has 0 spiro atoms. The van der Waals surface area contributed by atoms with Crippen molar-refractivity contribution in [1.29, 1.82) is 0 Å². The molecule has 1 amide bonds. The van der Waals surface area contributed by atoms with Gasteiger partial charge in [0.05, 0.1) is 18.9 Å². The first kappa shape index (κ1) is 27.3. The quantitative estimate of drug-likeness (QED) is 0.108. The van der Waals surface area contributed by atoms with Gasteiger partial charge in [0.25, 0.3) is 0 Å². The zero-order chi connectivity index (χ0) is 27.4. The summed E-state index contributed by atoms with van der Waals surface area (Å²) in [7, 11) is 2.03. The Morgan fingerprint density at radius 1 is 1.13 bits per heavy atom. The molecule has 0 atom stereocenters. The molecular weight excluding hydrogens is 504 g/mol. The number of H-pyrrole nitrogens is 1. The van der Waals surface area contributed by atoms with Gasteiger partial charge in [0, 0.05) is 34.8 Å². The number of thioether (sulfide) groups is 1. The molecule has 4 rings (SSSR count). The average Bonchev–Trinajstić information content (AvgIpc) is 3.43. The highest BCUT2D eigenvalue weighted by atomic mass is 32.2. The Bertz CT molecular complexity index is 1470. The van der Waals surface area contributed by atoms with Gasteiger partial charge < -0.3 is 14.0 Å². The van der Waals surface area contributed by atoms with Crippen molar-refractivity contribution < 1.29 is 23.9 Å². The van der Waals surface area contributed by atoms with Crippen LogP contribution >= 0.6 is 11.8 Å². The number of aryl methyl sites for hydroxylation is 2. The summed E-state index contributed by atoms with van der Waals surface area (Å²) in [5, 5.41) is 8.88. The van der Waals surface area contributed by atoms with E-state index in [4.69, 9.17) is 14.3 Å². The first-order valence-corrected chi connectivity index (χ1v) is 13.3. The lowest BCUT2D eigenvalue weighted by atomic mass is 9.95. The molecule has 0 saturated carbocycles. The van der Waals surface area contributed by atoms with Crippen LogP contribution in [0, 0.1) is 6.92 Å². The van der Waals surface area contributed by atoms with Crippen molar-refractivity contribution in [1.82, 2.24) is 20.2 Å². The highest BCUT2D eigenvalue weighted by Crippen LogP contribution is 2.43. The number of hydrogen-bond acceptors (Lipinski definition) is 7. The van der Waals surface area contributed by atoms with Crippen LogP contribution < -0.4 is 10.2 Å². The van der Waals surface area contributed by atoms with Crippen molar-refractivity contribution in [2.45, 2.75) is 45.6 Å². The Morgan fingerprint density at radius 2 is 1.92 bits per heavy atom. The molecule has 0 aliphatic carbocycles. The van der Waals surface area contributed by atoms with E-state index in [0.717, 1.165) is 56.3 Å². The summed E-state index contributed by atoms with van der Waals surface area (Å²) in [6, 6.07) is 13.8. The molecule has 2 heterocycles. The molecule has 0 fully saturated rings. The van der Waals surface area contributed by atoms with Crippen molar-refractivity contribution in [3.63, 3.8) is 0 Å². The summed E-state index contributed by atoms with van der Waals surface area (Å²) < 4.78 is 12.6. The second-order valence-electron chi connectivity index (χ2n) is 8.98. The molecule has 9 nitrogen and oxygen atoms in total. The fourth-order valence-electron chi connectivity index (χ4n) is 4.29. The normalized spacial score (nSPS) is 11.2. The Morgan fingerprint density at radius 3 is 2.63 bits per heavy atom. The summed E-state index contributed by atoms with van der Waals surface area (Å²) >= 11 is 0.958. The van der Waals surface area contributed by atoms with E-state index in [1.807, 2.05) is 45.2 Å². The van der Waals surface area contributed by atoms with Gasteiger partial charge in [-0.05, 0) is 79.9 Å². The van der Waals surface area contributed by atoms with Gasteiger partial charge in [-0.1, -0.05) is 26.0 Å².